The summed E-state index contributed by atoms with van der Waals surface area (Å²) >= 11 is 0. The van der Waals surface area contributed by atoms with E-state index < -0.39 is 0 Å². The highest BCUT2D eigenvalue weighted by Gasteiger charge is 2.26. The molecule has 0 aromatic rings. The van der Waals surface area contributed by atoms with Gasteiger partial charge in [0.1, 0.15) is 0 Å². The molecule has 2 aliphatic heterocycles. The smallest absolute Gasteiger partial charge is 0.158 e. The molecular weight excluding hydrogens is 194 g/mol. The third-order valence-corrected chi connectivity index (χ3v) is 3.13. The molecule has 2 fully saturated rings. The van der Waals surface area contributed by atoms with E-state index in [4.69, 9.17) is 14.6 Å². The molecule has 1 N–H and O–H groups in total. The first-order chi connectivity index (χ1) is 7.38. The molecular formula is C11H21NO3. The molecule has 4 heteroatoms. The average molecular weight is 215 g/mol. The van der Waals surface area contributed by atoms with Gasteiger partial charge >= 0.3 is 0 Å². The second-order valence-corrected chi connectivity index (χ2v) is 4.37. The van der Waals surface area contributed by atoms with E-state index in [-0.39, 0.29) is 12.9 Å². The van der Waals surface area contributed by atoms with Crippen molar-refractivity contribution in [3.63, 3.8) is 0 Å². The number of aliphatic hydroxyl groups excluding tert-OH is 1. The molecule has 1 unspecified atom stereocenters. The number of rotatable bonds is 4. The molecule has 0 spiro atoms. The Morgan fingerprint density at radius 3 is 3.00 bits per heavy atom. The molecule has 2 saturated heterocycles. The third kappa shape index (κ3) is 3.41. The molecule has 0 aromatic carbocycles. The molecule has 4 nitrogen and oxygen atoms in total. The minimum atomic E-state index is 0.0258. The van der Waals surface area contributed by atoms with Crippen molar-refractivity contribution in [3.05, 3.63) is 0 Å². The van der Waals surface area contributed by atoms with Crippen LogP contribution in [0.3, 0.4) is 0 Å². The lowest BCUT2D eigenvalue weighted by Crippen LogP contribution is -2.31. The average Bonchev–Trinajstić information content (AvgIpc) is 2.68. The molecule has 88 valence electrons. The van der Waals surface area contributed by atoms with E-state index in [2.05, 4.69) is 4.90 Å². The molecule has 2 aliphatic rings. The number of nitrogens with zero attached hydrogens (tertiary/aromatic N) is 1. The van der Waals surface area contributed by atoms with Crippen LogP contribution in [-0.4, -0.2) is 55.2 Å². The second kappa shape index (κ2) is 5.80. The summed E-state index contributed by atoms with van der Waals surface area (Å²) in [6, 6.07) is 0. The van der Waals surface area contributed by atoms with Crippen LogP contribution in [-0.2, 0) is 9.47 Å². The Kier molecular flexibility index (Phi) is 4.38. The molecule has 0 bridgehead atoms. The van der Waals surface area contributed by atoms with Gasteiger partial charge in [0.2, 0.25) is 0 Å². The van der Waals surface area contributed by atoms with Crippen LogP contribution in [0.2, 0.25) is 0 Å². The predicted octanol–water partition coefficient (Wildman–Crippen LogP) is 0.596. The van der Waals surface area contributed by atoms with Crippen LogP contribution >= 0.6 is 0 Å². The lowest BCUT2D eigenvalue weighted by Gasteiger charge is -2.25. The SMILES string of the molecule is OCCN1CC[C@H](OC2CCCCO2)C1. The van der Waals surface area contributed by atoms with Crippen molar-refractivity contribution < 1.29 is 14.6 Å². The van der Waals surface area contributed by atoms with Crippen molar-refractivity contribution in [3.8, 4) is 0 Å². The van der Waals surface area contributed by atoms with Crippen LogP contribution in [0, 0.1) is 0 Å². The molecule has 2 rings (SSSR count). The van der Waals surface area contributed by atoms with Crippen molar-refractivity contribution in [2.24, 2.45) is 0 Å². The van der Waals surface area contributed by atoms with E-state index in [1.807, 2.05) is 0 Å². The highest BCUT2D eigenvalue weighted by molar-refractivity contribution is 4.76. The number of aliphatic hydroxyl groups is 1. The number of hydrogen-bond acceptors (Lipinski definition) is 4. The fourth-order valence-electron chi connectivity index (χ4n) is 2.29. The maximum atomic E-state index is 8.83. The van der Waals surface area contributed by atoms with Crippen LogP contribution in [0.4, 0.5) is 0 Å². The van der Waals surface area contributed by atoms with Gasteiger partial charge in [0.25, 0.3) is 0 Å². The topological polar surface area (TPSA) is 41.9 Å². The Morgan fingerprint density at radius 2 is 2.27 bits per heavy atom. The summed E-state index contributed by atoms with van der Waals surface area (Å²) in [5.74, 6) is 0. The summed E-state index contributed by atoms with van der Waals surface area (Å²) in [5, 5.41) is 8.83. The van der Waals surface area contributed by atoms with Crippen molar-refractivity contribution in [1.29, 1.82) is 0 Å². The Labute approximate surface area is 91.2 Å². The summed E-state index contributed by atoms with van der Waals surface area (Å²) in [6.07, 6.45) is 4.83. The minimum absolute atomic E-state index is 0.0258. The number of hydrogen-bond donors (Lipinski definition) is 1. The van der Waals surface area contributed by atoms with Crippen LogP contribution in [0.1, 0.15) is 25.7 Å². The quantitative estimate of drug-likeness (QED) is 0.745. The van der Waals surface area contributed by atoms with Gasteiger partial charge in [0.05, 0.1) is 12.7 Å². The highest BCUT2D eigenvalue weighted by Crippen LogP contribution is 2.19. The van der Waals surface area contributed by atoms with Gasteiger partial charge in [0.15, 0.2) is 6.29 Å². The van der Waals surface area contributed by atoms with E-state index in [1.54, 1.807) is 0 Å². The Hall–Kier alpha value is -0.160. The molecule has 2 atom stereocenters. The Morgan fingerprint density at radius 1 is 1.33 bits per heavy atom. The van der Waals surface area contributed by atoms with Crippen molar-refractivity contribution in [1.82, 2.24) is 4.90 Å². The zero-order valence-corrected chi connectivity index (χ0v) is 9.23. The van der Waals surface area contributed by atoms with Crippen LogP contribution in [0.5, 0.6) is 0 Å². The largest absolute Gasteiger partial charge is 0.395 e. The normalized spacial score (nSPS) is 33.4. The summed E-state index contributed by atoms with van der Waals surface area (Å²) in [7, 11) is 0. The van der Waals surface area contributed by atoms with Gasteiger partial charge in [-0.2, -0.15) is 0 Å². The molecule has 0 aromatic heterocycles. The van der Waals surface area contributed by atoms with Gasteiger partial charge in [-0.1, -0.05) is 0 Å². The lowest BCUT2D eigenvalue weighted by atomic mass is 10.2. The first-order valence-electron chi connectivity index (χ1n) is 5.99. The first-order valence-corrected chi connectivity index (χ1v) is 5.99. The summed E-state index contributed by atoms with van der Waals surface area (Å²) in [4.78, 5) is 2.24. The second-order valence-electron chi connectivity index (χ2n) is 4.37. The van der Waals surface area contributed by atoms with Gasteiger partial charge in [-0.3, -0.25) is 4.90 Å². The van der Waals surface area contributed by atoms with E-state index in [0.717, 1.165) is 39.1 Å². The molecule has 0 amide bonds. The molecule has 2 heterocycles. The van der Waals surface area contributed by atoms with Gasteiger partial charge in [0, 0.05) is 26.2 Å². The van der Waals surface area contributed by atoms with E-state index >= 15 is 0 Å². The Bertz CT molecular complexity index is 183. The van der Waals surface area contributed by atoms with E-state index in [0.29, 0.717) is 6.10 Å². The van der Waals surface area contributed by atoms with Gasteiger partial charge < -0.3 is 14.6 Å². The molecule has 15 heavy (non-hydrogen) atoms. The number of β-amino-alcohol motifs (C(OH)–C–C–N with tert-alkyl or cyclic N) is 1. The fraction of sp³-hybridized carbons (Fsp3) is 1.00. The van der Waals surface area contributed by atoms with Crippen LogP contribution in [0.15, 0.2) is 0 Å². The van der Waals surface area contributed by atoms with Crippen LogP contribution < -0.4 is 0 Å². The standard InChI is InChI=1S/C11H21NO3/c13-7-6-12-5-4-10(9-12)15-11-3-1-2-8-14-11/h10-11,13H,1-9H2/t10-,11?/m0/s1. The summed E-state index contributed by atoms with van der Waals surface area (Å²) in [6.45, 7) is 3.84. The summed E-state index contributed by atoms with van der Waals surface area (Å²) in [5.41, 5.74) is 0. The van der Waals surface area contributed by atoms with Gasteiger partial charge in [-0.15, -0.1) is 0 Å². The molecule has 0 aliphatic carbocycles. The zero-order chi connectivity index (χ0) is 10.5. The Balaban J connectivity index is 1.67. The number of likely N-dealkylation sites (tertiary alicyclic amines) is 1. The number of ether oxygens (including phenoxy) is 2. The molecule has 0 radical (unpaired) electrons. The van der Waals surface area contributed by atoms with Crippen molar-refractivity contribution in [2.75, 3.05) is 32.8 Å². The maximum Gasteiger partial charge on any atom is 0.158 e. The predicted molar refractivity (Wildman–Crippen MR) is 56.6 cm³/mol. The maximum absolute atomic E-state index is 8.83. The fourth-order valence-corrected chi connectivity index (χ4v) is 2.29. The van der Waals surface area contributed by atoms with Crippen molar-refractivity contribution >= 4 is 0 Å². The summed E-state index contributed by atoms with van der Waals surface area (Å²) < 4.78 is 11.4. The van der Waals surface area contributed by atoms with Crippen molar-refractivity contribution in [2.45, 2.75) is 38.1 Å². The van der Waals surface area contributed by atoms with Gasteiger partial charge in [-0.25, -0.2) is 0 Å². The lowest BCUT2D eigenvalue weighted by molar-refractivity contribution is -0.185. The first kappa shape index (κ1) is 11.3. The highest BCUT2D eigenvalue weighted by atomic mass is 16.7. The zero-order valence-electron chi connectivity index (χ0n) is 9.23. The van der Waals surface area contributed by atoms with Crippen LogP contribution in [0.25, 0.3) is 0 Å². The van der Waals surface area contributed by atoms with E-state index in [1.165, 1.54) is 12.8 Å². The van der Waals surface area contributed by atoms with E-state index in [9.17, 15) is 0 Å². The molecule has 0 saturated carbocycles. The monoisotopic (exact) mass is 215 g/mol. The third-order valence-electron chi connectivity index (χ3n) is 3.13. The minimum Gasteiger partial charge on any atom is -0.395 e. The van der Waals surface area contributed by atoms with Gasteiger partial charge in [-0.05, 0) is 25.7 Å².